The summed E-state index contributed by atoms with van der Waals surface area (Å²) in [4.78, 5) is 16.6. The summed E-state index contributed by atoms with van der Waals surface area (Å²) in [5.74, 6) is -1.51. The number of amides is 1. The third-order valence-corrected chi connectivity index (χ3v) is 4.43. The van der Waals surface area contributed by atoms with Gasteiger partial charge in [-0.15, -0.1) is 0 Å². The Morgan fingerprint density at radius 3 is 2.73 bits per heavy atom. The highest BCUT2D eigenvalue weighted by molar-refractivity contribution is 5.89. The minimum Gasteiger partial charge on any atom is -0.350 e. The molecule has 0 unspecified atom stereocenters. The van der Waals surface area contributed by atoms with Gasteiger partial charge in [0.25, 0.3) is 0 Å². The number of benzene rings is 1. The number of aromatic nitrogens is 2. The molecule has 0 atom stereocenters. The molecule has 6 heteroatoms. The first-order chi connectivity index (χ1) is 10.5. The maximum Gasteiger partial charge on any atom is 0.231 e. The SMILES string of the molecule is Cn1cncc1CNC(=O)C1(c2ccc(F)cc2F)CCC1. The van der Waals surface area contributed by atoms with Crippen molar-refractivity contribution in [2.45, 2.75) is 31.2 Å². The van der Waals surface area contributed by atoms with Crippen molar-refractivity contribution in [2.24, 2.45) is 7.05 Å². The molecule has 1 aliphatic carbocycles. The van der Waals surface area contributed by atoms with Gasteiger partial charge in [0, 0.05) is 24.9 Å². The predicted molar refractivity (Wildman–Crippen MR) is 76.9 cm³/mol. The zero-order valence-corrected chi connectivity index (χ0v) is 12.3. The van der Waals surface area contributed by atoms with Gasteiger partial charge >= 0.3 is 0 Å². The Labute approximate surface area is 127 Å². The number of carbonyl (C=O) groups is 1. The van der Waals surface area contributed by atoms with Crippen LogP contribution in [-0.4, -0.2) is 15.5 Å². The molecule has 1 aromatic carbocycles. The quantitative estimate of drug-likeness (QED) is 0.943. The molecule has 1 aliphatic rings. The van der Waals surface area contributed by atoms with Crippen LogP contribution in [0.25, 0.3) is 0 Å². The minimum absolute atomic E-state index is 0.217. The van der Waals surface area contributed by atoms with Crippen molar-refractivity contribution in [3.8, 4) is 0 Å². The first kappa shape index (κ1) is 14.7. The van der Waals surface area contributed by atoms with E-state index in [1.807, 2.05) is 11.6 Å². The van der Waals surface area contributed by atoms with Crippen LogP contribution in [-0.2, 0) is 23.8 Å². The van der Waals surface area contributed by atoms with Gasteiger partial charge in [-0.3, -0.25) is 4.79 Å². The summed E-state index contributed by atoms with van der Waals surface area (Å²) in [6, 6.07) is 3.42. The predicted octanol–water partition coefficient (Wildman–Crippen LogP) is 2.44. The van der Waals surface area contributed by atoms with Gasteiger partial charge in [0.05, 0.1) is 24.0 Å². The van der Waals surface area contributed by atoms with Crippen molar-refractivity contribution in [3.63, 3.8) is 0 Å². The van der Waals surface area contributed by atoms with Gasteiger partial charge in [0.1, 0.15) is 11.6 Å². The maximum absolute atomic E-state index is 14.1. The van der Waals surface area contributed by atoms with Gasteiger partial charge in [0.2, 0.25) is 5.91 Å². The van der Waals surface area contributed by atoms with E-state index in [4.69, 9.17) is 0 Å². The van der Waals surface area contributed by atoms with Gasteiger partial charge in [-0.1, -0.05) is 12.5 Å². The second kappa shape index (κ2) is 5.51. The van der Waals surface area contributed by atoms with Gasteiger partial charge < -0.3 is 9.88 Å². The molecule has 1 saturated carbocycles. The normalized spacial score (nSPS) is 16.1. The van der Waals surface area contributed by atoms with Gasteiger partial charge in [0.15, 0.2) is 0 Å². The van der Waals surface area contributed by atoms with Crippen molar-refractivity contribution < 1.29 is 13.6 Å². The number of nitrogens with zero attached hydrogens (tertiary/aromatic N) is 2. The molecule has 1 N–H and O–H groups in total. The topological polar surface area (TPSA) is 46.9 Å². The fourth-order valence-corrected chi connectivity index (χ4v) is 2.92. The van der Waals surface area contributed by atoms with E-state index in [9.17, 15) is 13.6 Å². The number of imidazole rings is 1. The number of rotatable bonds is 4. The lowest BCUT2D eigenvalue weighted by Gasteiger charge is -2.40. The van der Waals surface area contributed by atoms with Crippen molar-refractivity contribution >= 4 is 5.91 Å². The van der Waals surface area contributed by atoms with Crippen molar-refractivity contribution in [1.82, 2.24) is 14.9 Å². The Bertz CT molecular complexity index is 707. The molecule has 0 bridgehead atoms. The fraction of sp³-hybridized carbons (Fsp3) is 0.375. The zero-order chi connectivity index (χ0) is 15.7. The Morgan fingerprint density at radius 2 is 2.18 bits per heavy atom. The summed E-state index contributed by atoms with van der Waals surface area (Å²) in [7, 11) is 1.84. The van der Waals surface area contributed by atoms with Gasteiger partial charge in [-0.05, 0) is 18.9 Å². The van der Waals surface area contributed by atoms with E-state index in [0.717, 1.165) is 18.2 Å². The van der Waals surface area contributed by atoms with Crippen LogP contribution in [0.3, 0.4) is 0 Å². The molecular weight excluding hydrogens is 288 g/mol. The van der Waals surface area contributed by atoms with E-state index in [1.54, 1.807) is 12.5 Å². The Morgan fingerprint density at radius 1 is 1.41 bits per heavy atom. The van der Waals surface area contributed by atoms with Crippen molar-refractivity contribution in [2.75, 3.05) is 0 Å². The lowest BCUT2D eigenvalue weighted by molar-refractivity contribution is -0.130. The van der Waals surface area contributed by atoms with Crippen LogP contribution in [0.1, 0.15) is 30.5 Å². The average Bonchev–Trinajstić information content (AvgIpc) is 2.83. The second-order valence-electron chi connectivity index (χ2n) is 5.74. The van der Waals surface area contributed by atoms with Crippen LogP contribution in [0.4, 0.5) is 8.78 Å². The van der Waals surface area contributed by atoms with Crippen LogP contribution < -0.4 is 5.32 Å². The standard InChI is InChI=1S/C16H17F2N3O/c1-21-10-19-8-12(21)9-20-15(22)16(5-2-6-16)13-4-3-11(17)7-14(13)18/h3-4,7-8,10H,2,5-6,9H2,1H3,(H,20,22). The highest BCUT2D eigenvalue weighted by atomic mass is 19.1. The van der Waals surface area contributed by atoms with E-state index < -0.39 is 17.0 Å². The Kier molecular flexibility index (Phi) is 3.68. The molecule has 1 aromatic heterocycles. The zero-order valence-electron chi connectivity index (χ0n) is 12.3. The molecule has 0 spiro atoms. The maximum atomic E-state index is 14.1. The summed E-state index contributed by atoms with van der Waals surface area (Å²) < 4.78 is 29.0. The molecule has 3 rings (SSSR count). The van der Waals surface area contributed by atoms with E-state index >= 15 is 0 Å². The Balaban J connectivity index is 1.80. The minimum atomic E-state index is -0.879. The molecule has 1 heterocycles. The number of nitrogens with one attached hydrogen (secondary N) is 1. The second-order valence-corrected chi connectivity index (χ2v) is 5.74. The molecule has 0 aliphatic heterocycles. The summed E-state index contributed by atoms with van der Waals surface area (Å²) in [6.07, 6.45) is 5.34. The van der Waals surface area contributed by atoms with E-state index in [2.05, 4.69) is 10.3 Å². The van der Waals surface area contributed by atoms with Crippen LogP contribution in [0, 0.1) is 11.6 Å². The van der Waals surface area contributed by atoms with Crippen molar-refractivity contribution in [3.05, 3.63) is 53.6 Å². The van der Waals surface area contributed by atoms with E-state index in [1.165, 1.54) is 12.1 Å². The molecule has 22 heavy (non-hydrogen) atoms. The molecule has 0 saturated heterocycles. The monoisotopic (exact) mass is 305 g/mol. The first-order valence-corrected chi connectivity index (χ1v) is 7.22. The third kappa shape index (κ3) is 2.38. The van der Waals surface area contributed by atoms with Gasteiger partial charge in [-0.25, -0.2) is 13.8 Å². The third-order valence-electron chi connectivity index (χ3n) is 4.43. The average molecular weight is 305 g/mol. The van der Waals surface area contributed by atoms with Crippen LogP contribution >= 0.6 is 0 Å². The number of hydrogen-bond donors (Lipinski definition) is 1. The van der Waals surface area contributed by atoms with Crippen LogP contribution in [0.15, 0.2) is 30.7 Å². The van der Waals surface area contributed by atoms with Crippen LogP contribution in [0.2, 0.25) is 0 Å². The number of aryl methyl sites for hydroxylation is 1. The number of halogens is 2. The first-order valence-electron chi connectivity index (χ1n) is 7.22. The van der Waals surface area contributed by atoms with E-state index in [-0.39, 0.29) is 11.5 Å². The highest BCUT2D eigenvalue weighted by Gasteiger charge is 2.47. The highest BCUT2D eigenvalue weighted by Crippen LogP contribution is 2.45. The van der Waals surface area contributed by atoms with Crippen LogP contribution in [0.5, 0.6) is 0 Å². The summed E-state index contributed by atoms with van der Waals surface area (Å²) in [5, 5.41) is 2.85. The van der Waals surface area contributed by atoms with Crippen molar-refractivity contribution in [1.29, 1.82) is 0 Å². The molecule has 116 valence electrons. The Hall–Kier alpha value is -2.24. The number of hydrogen-bond acceptors (Lipinski definition) is 2. The molecular formula is C16H17F2N3O. The van der Waals surface area contributed by atoms with E-state index in [0.29, 0.717) is 19.4 Å². The largest absolute Gasteiger partial charge is 0.350 e. The fourth-order valence-electron chi connectivity index (χ4n) is 2.92. The summed E-state index contributed by atoms with van der Waals surface area (Å²) in [6.45, 7) is 0.333. The smallest absolute Gasteiger partial charge is 0.231 e. The lowest BCUT2D eigenvalue weighted by Crippen LogP contribution is -2.49. The molecule has 0 radical (unpaired) electrons. The molecule has 2 aromatic rings. The number of carbonyl (C=O) groups excluding carboxylic acids is 1. The molecule has 1 fully saturated rings. The lowest BCUT2D eigenvalue weighted by atomic mass is 9.63. The molecule has 4 nitrogen and oxygen atoms in total. The summed E-state index contributed by atoms with van der Waals surface area (Å²) in [5.41, 5.74) is 0.265. The molecule has 1 amide bonds. The summed E-state index contributed by atoms with van der Waals surface area (Å²) >= 11 is 0. The van der Waals surface area contributed by atoms with Gasteiger partial charge in [-0.2, -0.15) is 0 Å².